The zero-order valence-electron chi connectivity index (χ0n) is 10.5. The van der Waals surface area contributed by atoms with Gasteiger partial charge in [0.15, 0.2) is 0 Å². The lowest BCUT2D eigenvalue weighted by Crippen LogP contribution is -2.37. The molecule has 1 unspecified atom stereocenters. The van der Waals surface area contributed by atoms with Crippen LogP contribution in [0.3, 0.4) is 0 Å². The van der Waals surface area contributed by atoms with E-state index in [4.69, 9.17) is 10.5 Å². The van der Waals surface area contributed by atoms with E-state index in [9.17, 15) is 4.79 Å². The van der Waals surface area contributed by atoms with Gasteiger partial charge in [-0.15, -0.1) is 0 Å². The minimum absolute atomic E-state index is 0.186. The fraction of sp³-hybridized carbons (Fsp3) is 0.214. The van der Waals surface area contributed by atoms with Crippen molar-refractivity contribution in [2.24, 2.45) is 5.73 Å². The van der Waals surface area contributed by atoms with Gasteiger partial charge in [0, 0.05) is 16.7 Å². The second-order valence-electron chi connectivity index (χ2n) is 4.16. The molecule has 3 N–H and O–H groups in total. The lowest BCUT2D eigenvalue weighted by Gasteiger charge is -2.16. The number of carbonyl (C=O) groups excluding carboxylic acids is 1. The third-order valence-electron chi connectivity index (χ3n) is 2.86. The van der Waals surface area contributed by atoms with Gasteiger partial charge < -0.3 is 15.8 Å². The number of benzene rings is 2. The smallest absolute Gasteiger partial charge is 0.329 e. The Kier molecular flexibility index (Phi) is 4.39. The quantitative estimate of drug-likeness (QED) is 0.849. The summed E-state index contributed by atoms with van der Waals surface area (Å²) in [5, 5.41) is 5.29. The maximum Gasteiger partial charge on any atom is 0.329 e. The Morgan fingerprint density at radius 1 is 1.32 bits per heavy atom. The van der Waals surface area contributed by atoms with Gasteiger partial charge in [0.1, 0.15) is 6.04 Å². The van der Waals surface area contributed by atoms with Crippen molar-refractivity contribution in [2.75, 3.05) is 19.0 Å². The van der Waals surface area contributed by atoms with Crippen LogP contribution in [0.2, 0.25) is 0 Å². The molecular weight excluding hydrogens is 308 g/mol. The maximum atomic E-state index is 11.5. The molecule has 1 atom stereocenters. The fourth-order valence-corrected chi connectivity index (χ4v) is 2.24. The largest absolute Gasteiger partial charge is 0.467 e. The summed E-state index contributed by atoms with van der Waals surface area (Å²) in [6, 6.07) is 11.4. The van der Waals surface area contributed by atoms with Gasteiger partial charge in [0.2, 0.25) is 0 Å². The van der Waals surface area contributed by atoms with E-state index in [1.165, 1.54) is 7.11 Å². The molecule has 5 heteroatoms. The number of ether oxygens (including phenoxy) is 1. The number of carbonyl (C=O) groups is 1. The first-order valence-electron chi connectivity index (χ1n) is 5.88. The van der Waals surface area contributed by atoms with Crippen molar-refractivity contribution in [1.82, 2.24) is 0 Å². The Balaban J connectivity index is 2.26. The molecule has 0 spiro atoms. The van der Waals surface area contributed by atoms with E-state index in [0.717, 1.165) is 20.9 Å². The van der Waals surface area contributed by atoms with Crippen molar-refractivity contribution in [3.8, 4) is 0 Å². The minimum Gasteiger partial charge on any atom is -0.467 e. The topological polar surface area (TPSA) is 64.3 Å². The molecule has 0 bridgehead atoms. The zero-order chi connectivity index (χ0) is 13.8. The molecule has 100 valence electrons. The van der Waals surface area contributed by atoms with Gasteiger partial charge in [-0.2, -0.15) is 0 Å². The van der Waals surface area contributed by atoms with Crippen LogP contribution in [0.4, 0.5) is 5.69 Å². The fourth-order valence-electron chi connectivity index (χ4n) is 1.86. The van der Waals surface area contributed by atoms with Gasteiger partial charge in [-0.05, 0) is 35.0 Å². The van der Waals surface area contributed by atoms with Gasteiger partial charge >= 0.3 is 5.97 Å². The lowest BCUT2D eigenvalue weighted by molar-refractivity contribution is -0.141. The number of anilines is 1. The minimum atomic E-state index is -0.530. The van der Waals surface area contributed by atoms with Crippen LogP contribution >= 0.6 is 15.9 Å². The molecule has 0 radical (unpaired) electrons. The van der Waals surface area contributed by atoms with Crippen molar-refractivity contribution in [3.05, 3.63) is 40.9 Å². The van der Waals surface area contributed by atoms with Crippen molar-refractivity contribution in [2.45, 2.75) is 6.04 Å². The Labute approximate surface area is 120 Å². The van der Waals surface area contributed by atoms with E-state index in [0.29, 0.717) is 0 Å². The van der Waals surface area contributed by atoms with Gasteiger partial charge in [-0.1, -0.05) is 28.1 Å². The molecule has 0 amide bonds. The summed E-state index contributed by atoms with van der Waals surface area (Å²) in [7, 11) is 1.35. The molecule has 2 aromatic carbocycles. The Morgan fingerprint density at radius 3 is 2.68 bits per heavy atom. The number of hydrogen-bond acceptors (Lipinski definition) is 4. The summed E-state index contributed by atoms with van der Waals surface area (Å²) < 4.78 is 5.73. The van der Waals surface area contributed by atoms with Crippen LogP contribution < -0.4 is 11.1 Å². The van der Waals surface area contributed by atoms with E-state index < -0.39 is 6.04 Å². The molecule has 19 heavy (non-hydrogen) atoms. The van der Waals surface area contributed by atoms with Gasteiger partial charge in [-0.3, -0.25) is 0 Å². The summed E-state index contributed by atoms with van der Waals surface area (Å²) in [6.07, 6.45) is 0. The van der Waals surface area contributed by atoms with E-state index in [1.807, 2.05) is 36.4 Å². The van der Waals surface area contributed by atoms with E-state index in [-0.39, 0.29) is 12.5 Å². The van der Waals surface area contributed by atoms with Crippen LogP contribution in [0.1, 0.15) is 0 Å². The molecule has 0 saturated carbocycles. The highest BCUT2D eigenvalue weighted by atomic mass is 79.9. The SMILES string of the molecule is COC(=O)C(CN)Nc1ccc2cc(Br)ccc2c1. The van der Waals surface area contributed by atoms with Crippen LogP contribution in [0.15, 0.2) is 40.9 Å². The third kappa shape index (κ3) is 3.24. The average Bonchev–Trinajstić information content (AvgIpc) is 2.44. The van der Waals surface area contributed by atoms with Crippen molar-refractivity contribution in [1.29, 1.82) is 0 Å². The van der Waals surface area contributed by atoms with Crippen LogP contribution in [-0.4, -0.2) is 25.7 Å². The first-order chi connectivity index (χ1) is 9.13. The predicted octanol–water partition coefficient (Wildman–Crippen LogP) is 2.51. The van der Waals surface area contributed by atoms with Crippen LogP contribution in [0.25, 0.3) is 10.8 Å². The third-order valence-corrected chi connectivity index (χ3v) is 3.36. The standard InChI is InChI=1S/C14H15BrN2O2/c1-19-14(18)13(8-16)17-12-5-3-9-6-11(15)4-2-10(9)7-12/h2-7,13,17H,8,16H2,1H3. The number of nitrogens with two attached hydrogens (primary N) is 1. The number of fused-ring (bicyclic) bond motifs is 1. The molecule has 2 aromatic rings. The molecule has 2 rings (SSSR count). The number of hydrogen-bond donors (Lipinski definition) is 2. The molecule has 4 nitrogen and oxygen atoms in total. The number of halogens is 1. The van der Waals surface area contributed by atoms with E-state index >= 15 is 0 Å². The highest BCUT2D eigenvalue weighted by Crippen LogP contribution is 2.23. The molecule has 0 aliphatic carbocycles. The Morgan fingerprint density at radius 2 is 2.00 bits per heavy atom. The average molecular weight is 323 g/mol. The molecular formula is C14H15BrN2O2. The predicted molar refractivity (Wildman–Crippen MR) is 80.1 cm³/mol. The lowest BCUT2D eigenvalue weighted by atomic mass is 10.1. The molecule has 0 saturated heterocycles. The number of methoxy groups -OCH3 is 1. The summed E-state index contributed by atoms with van der Waals surface area (Å²) in [6.45, 7) is 0.186. The van der Waals surface area contributed by atoms with E-state index in [2.05, 4.69) is 21.2 Å². The zero-order valence-corrected chi connectivity index (χ0v) is 12.1. The van der Waals surface area contributed by atoms with Crippen molar-refractivity contribution < 1.29 is 9.53 Å². The second-order valence-corrected chi connectivity index (χ2v) is 5.08. The highest BCUT2D eigenvalue weighted by Gasteiger charge is 2.16. The van der Waals surface area contributed by atoms with Crippen molar-refractivity contribution in [3.63, 3.8) is 0 Å². The normalized spacial score (nSPS) is 12.2. The molecule has 0 aromatic heterocycles. The second kappa shape index (κ2) is 6.04. The number of rotatable bonds is 4. The summed E-state index contributed by atoms with van der Waals surface area (Å²) in [5.41, 5.74) is 6.40. The summed E-state index contributed by atoms with van der Waals surface area (Å²) >= 11 is 3.44. The van der Waals surface area contributed by atoms with Crippen molar-refractivity contribution >= 4 is 38.4 Å². The number of esters is 1. The number of nitrogens with one attached hydrogen (secondary N) is 1. The Bertz CT molecular complexity index is 601. The monoisotopic (exact) mass is 322 g/mol. The molecule has 0 aliphatic rings. The molecule has 0 fully saturated rings. The molecule has 0 aliphatic heterocycles. The maximum absolute atomic E-state index is 11.5. The Hall–Kier alpha value is -1.59. The molecule has 0 heterocycles. The van der Waals surface area contributed by atoms with Gasteiger partial charge in [0.25, 0.3) is 0 Å². The van der Waals surface area contributed by atoms with Crippen LogP contribution in [0.5, 0.6) is 0 Å². The first kappa shape index (κ1) is 13.8. The van der Waals surface area contributed by atoms with E-state index in [1.54, 1.807) is 0 Å². The highest BCUT2D eigenvalue weighted by molar-refractivity contribution is 9.10. The summed E-state index contributed by atoms with van der Waals surface area (Å²) in [4.78, 5) is 11.5. The van der Waals surface area contributed by atoms with Gasteiger partial charge in [0.05, 0.1) is 7.11 Å². The van der Waals surface area contributed by atoms with Gasteiger partial charge in [-0.25, -0.2) is 4.79 Å². The first-order valence-corrected chi connectivity index (χ1v) is 6.67. The van der Waals surface area contributed by atoms with Crippen LogP contribution in [0, 0.1) is 0 Å². The summed E-state index contributed by atoms with van der Waals surface area (Å²) in [5.74, 6) is -0.363. The van der Waals surface area contributed by atoms with Crippen LogP contribution in [-0.2, 0) is 9.53 Å².